The quantitative estimate of drug-likeness (QED) is 0.746. The SMILES string of the molecule is CC(C)(C)[C@H]1CCc2c(sc(NC(=O)[C@@H]3[C@@H](C(=O)O)[C@H]4C=C[C@H]3C4)c2C#N)C1. The number of nitrogens with one attached hydrogen (secondary N) is 1. The maximum atomic E-state index is 13.0. The van der Waals surface area contributed by atoms with Crippen molar-refractivity contribution in [2.24, 2.45) is 35.0 Å². The van der Waals surface area contributed by atoms with Gasteiger partial charge >= 0.3 is 5.97 Å². The van der Waals surface area contributed by atoms with Crippen LogP contribution in [0, 0.1) is 46.3 Å². The van der Waals surface area contributed by atoms with Gasteiger partial charge in [0.2, 0.25) is 5.91 Å². The number of fused-ring (bicyclic) bond motifs is 3. The van der Waals surface area contributed by atoms with E-state index in [1.165, 1.54) is 16.2 Å². The minimum atomic E-state index is -0.906. The van der Waals surface area contributed by atoms with Crippen molar-refractivity contribution in [2.75, 3.05) is 5.32 Å². The number of carbonyl (C=O) groups excluding carboxylic acids is 1. The van der Waals surface area contributed by atoms with Gasteiger partial charge in [0.25, 0.3) is 0 Å². The summed E-state index contributed by atoms with van der Waals surface area (Å²) in [4.78, 5) is 25.9. The lowest BCUT2D eigenvalue weighted by Gasteiger charge is -2.33. The van der Waals surface area contributed by atoms with Gasteiger partial charge in [-0.1, -0.05) is 32.9 Å². The third-order valence-electron chi connectivity index (χ3n) is 6.89. The van der Waals surface area contributed by atoms with Crippen LogP contribution in [-0.4, -0.2) is 17.0 Å². The molecule has 5 atom stereocenters. The first-order valence-corrected chi connectivity index (χ1v) is 10.8. The van der Waals surface area contributed by atoms with Gasteiger partial charge in [0.15, 0.2) is 0 Å². The van der Waals surface area contributed by atoms with E-state index in [4.69, 9.17) is 0 Å². The molecule has 2 bridgehead atoms. The molecule has 1 aromatic heterocycles. The number of amides is 1. The Labute approximate surface area is 169 Å². The lowest BCUT2D eigenvalue weighted by Crippen LogP contribution is -2.36. The lowest BCUT2D eigenvalue weighted by molar-refractivity contribution is -0.146. The molecule has 0 aliphatic heterocycles. The number of allylic oxidation sites excluding steroid dienone is 2. The highest BCUT2D eigenvalue weighted by molar-refractivity contribution is 7.16. The smallest absolute Gasteiger partial charge is 0.307 e. The van der Waals surface area contributed by atoms with Gasteiger partial charge in [-0.3, -0.25) is 9.59 Å². The zero-order valence-corrected chi connectivity index (χ0v) is 17.3. The number of aliphatic carboxylic acids is 1. The number of nitrogens with zero attached hydrogens (tertiary/aromatic N) is 1. The van der Waals surface area contributed by atoms with Crippen LogP contribution in [0.4, 0.5) is 5.00 Å². The molecular weight excluding hydrogens is 372 g/mol. The minimum Gasteiger partial charge on any atom is -0.481 e. The molecule has 3 aliphatic rings. The van der Waals surface area contributed by atoms with Crippen LogP contribution < -0.4 is 5.32 Å². The van der Waals surface area contributed by atoms with Crippen molar-refractivity contribution in [3.63, 3.8) is 0 Å². The molecule has 28 heavy (non-hydrogen) atoms. The van der Waals surface area contributed by atoms with Crippen molar-refractivity contribution >= 4 is 28.2 Å². The van der Waals surface area contributed by atoms with Crippen molar-refractivity contribution < 1.29 is 14.7 Å². The third-order valence-corrected chi connectivity index (χ3v) is 8.06. The van der Waals surface area contributed by atoms with Crippen LogP contribution in [0.2, 0.25) is 0 Å². The van der Waals surface area contributed by atoms with Gasteiger partial charge < -0.3 is 10.4 Å². The first-order valence-electron chi connectivity index (χ1n) is 9.97. The van der Waals surface area contributed by atoms with Gasteiger partial charge in [0, 0.05) is 4.88 Å². The van der Waals surface area contributed by atoms with E-state index < -0.39 is 17.8 Å². The number of thiophene rings is 1. The standard InChI is InChI=1S/C22H26N2O3S/c1-22(2,3)13-6-7-14-15(10-23)20(28-16(14)9-13)24-19(25)17-11-4-5-12(8-11)18(17)21(26)27/h4-5,11-13,17-18H,6-9H2,1-3H3,(H,24,25)(H,26,27)/t11-,12-,13-,17-,18-/m0/s1. The summed E-state index contributed by atoms with van der Waals surface area (Å²) in [7, 11) is 0. The van der Waals surface area contributed by atoms with Crippen LogP contribution >= 0.6 is 11.3 Å². The highest BCUT2D eigenvalue weighted by atomic mass is 32.1. The van der Waals surface area contributed by atoms with Crippen LogP contribution in [0.25, 0.3) is 0 Å². The van der Waals surface area contributed by atoms with Crippen LogP contribution in [0.1, 0.15) is 49.6 Å². The number of nitriles is 1. The Hall–Kier alpha value is -2.13. The van der Waals surface area contributed by atoms with Gasteiger partial charge in [-0.05, 0) is 54.4 Å². The predicted octanol–water partition coefficient (Wildman–Crippen LogP) is 4.23. The number of hydrogen-bond acceptors (Lipinski definition) is 4. The third kappa shape index (κ3) is 3.06. The maximum absolute atomic E-state index is 13.0. The van der Waals surface area contributed by atoms with Crippen LogP contribution in [0.5, 0.6) is 0 Å². The summed E-state index contributed by atoms with van der Waals surface area (Å²) in [6, 6.07) is 2.29. The Bertz CT molecular complexity index is 902. The van der Waals surface area contributed by atoms with E-state index in [1.54, 1.807) is 0 Å². The highest BCUT2D eigenvalue weighted by Gasteiger charge is 2.51. The maximum Gasteiger partial charge on any atom is 0.307 e. The summed E-state index contributed by atoms with van der Waals surface area (Å²) >= 11 is 1.50. The van der Waals surface area contributed by atoms with Crippen LogP contribution in [0.15, 0.2) is 12.2 Å². The van der Waals surface area contributed by atoms with Gasteiger partial charge in [-0.2, -0.15) is 5.26 Å². The summed E-state index contributed by atoms with van der Waals surface area (Å²) in [6.45, 7) is 6.75. The average molecular weight is 399 g/mol. The Morgan fingerprint density at radius 2 is 1.93 bits per heavy atom. The second-order valence-corrected chi connectivity index (χ2v) is 10.6. The van der Waals surface area contributed by atoms with E-state index in [2.05, 4.69) is 32.2 Å². The Morgan fingerprint density at radius 1 is 1.25 bits per heavy atom. The van der Waals surface area contributed by atoms with Crippen LogP contribution in [0.3, 0.4) is 0 Å². The molecule has 3 aliphatic carbocycles. The van der Waals surface area contributed by atoms with E-state index in [9.17, 15) is 20.0 Å². The summed E-state index contributed by atoms with van der Waals surface area (Å²) in [5.74, 6) is -1.90. The molecule has 4 rings (SSSR count). The number of carboxylic acids is 1. The Balaban J connectivity index is 1.59. The topological polar surface area (TPSA) is 90.2 Å². The molecule has 1 amide bonds. The zero-order chi connectivity index (χ0) is 20.2. The normalized spacial score (nSPS) is 30.7. The second kappa shape index (κ2) is 6.73. The molecule has 2 N–H and O–H groups in total. The lowest BCUT2D eigenvalue weighted by atomic mass is 9.72. The molecule has 6 heteroatoms. The average Bonchev–Trinajstić information content (AvgIpc) is 3.31. The fraction of sp³-hybridized carbons (Fsp3) is 0.591. The molecule has 1 saturated carbocycles. The first kappa shape index (κ1) is 19.2. The van der Waals surface area contributed by atoms with E-state index in [0.717, 1.165) is 31.2 Å². The van der Waals surface area contributed by atoms with Crippen LogP contribution in [-0.2, 0) is 22.4 Å². The van der Waals surface area contributed by atoms with E-state index >= 15 is 0 Å². The van der Waals surface area contributed by atoms with E-state index in [1.807, 2.05) is 12.2 Å². The Morgan fingerprint density at radius 3 is 2.54 bits per heavy atom. The highest BCUT2D eigenvalue weighted by Crippen LogP contribution is 2.49. The van der Waals surface area contributed by atoms with Crippen molar-refractivity contribution in [3.05, 3.63) is 28.2 Å². The molecule has 0 saturated heterocycles. The monoisotopic (exact) mass is 398 g/mol. The van der Waals surface area contributed by atoms with Crippen molar-refractivity contribution in [1.29, 1.82) is 5.26 Å². The van der Waals surface area contributed by atoms with Crippen molar-refractivity contribution in [3.8, 4) is 6.07 Å². The summed E-state index contributed by atoms with van der Waals surface area (Å²) in [5, 5.41) is 22.9. The first-order chi connectivity index (χ1) is 13.2. The fourth-order valence-corrected chi connectivity index (χ4v) is 6.52. The summed E-state index contributed by atoms with van der Waals surface area (Å²) in [6.07, 6.45) is 7.49. The van der Waals surface area contributed by atoms with Gasteiger partial charge in [-0.15, -0.1) is 11.3 Å². The van der Waals surface area contributed by atoms with Gasteiger partial charge in [0.05, 0.1) is 17.4 Å². The number of carboxylic acid groups (broad SMARTS) is 1. The molecule has 0 radical (unpaired) electrons. The number of anilines is 1. The van der Waals surface area contributed by atoms with E-state index in [0.29, 0.717) is 16.5 Å². The molecule has 1 fully saturated rings. The molecule has 0 unspecified atom stereocenters. The summed E-state index contributed by atoms with van der Waals surface area (Å²) in [5.41, 5.74) is 1.86. The summed E-state index contributed by atoms with van der Waals surface area (Å²) < 4.78 is 0. The molecule has 1 heterocycles. The van der Waals surface area contributed by atoms with E-state index in [-0.39, 0.29) is 23.2 Å². The number of hydrogen-bond donors (Lipinski definition) is 2. The molecule has 148 valence electrons. The number of carbonyl (C=O) groups is 2. The van der Waals surface area contributed by atoms with Crippen molar-refractivity contribution in [1.82, 2.24) is 0 Å². The fourth-order valence-electron chi connectivity index (χ4n) is 5.24. The Kier molecular flexibility index (Phi) is 4.62. The van der Waals surface area contributed by atoms with Gasteiger partial charge in [0.1, 0.15) is 11.1 Å². The largest absolute Gasteiger partial charge is 0.481 e. The number of rotatable bonds is 3. The minimum absolute atomic E-state index is 0.0171. The molecule has 0 aromatic carbocycles. The van der Waals surface area contributed by atoms with Gasteiger partial charge in [-0.25, -0.2) is 0 Å². The predicted molar refractivity (Wildman–Crippen MR) is 108 cm³/mol. The second-order valence-electron chi connectivity index (χ2n) is 9.45. The zero-order valence-electron chi connectivity index (χ0n) is 16.5. The molecule has 5 nitrogen and oxygen atoms in total. The molecular formula is C22H26N2O3S. The van der Waals surface area contributed by atoms with Crippen molar-refractivity contribution in [2.45, 2.75) is 46.5 Å². The molecule has 1 aromatic rings. The molecule has 0 spiro atoms.